The van der Waals surface area contributed by atoms with Gasteiger partial charge >= 0.3 is 17.9 Å². The second-order valence-corrected chi connectivity index (χ2v) is 19.5. The molecule has 0 amide bonds. The number of esters is 3. The summed E-state index contributed by atoms with van der Waals surface area (Å²) in [5.74, 6) is -0.963. The van der Waals surface area contributed by atoms with Crippen LogP contribution in [0.15, 0.2) is 158 Å². The number of unbranched alkanes of at least 4 members (excludes halogenated alkanes) is 16. The van der Waals surface area contributed by atoms with Crippen LogP contribution in [0, 0.1) is 0 Å². The van der Waals surface area contributed by atoms with E-state index in [0.29, 0.717) is 12.8 Å². The predicted octanol–water partition coefficient (Wildman–Crippen LogP) is 20.9. The van der Waals surface area contributed by atoms with Crippen LogP contribution in [0.2, 0.25) is 0 Å². The molecule has 76 heavy (non-hydrogen) atoms. The molecule has 0 rings (SSSR count). The summed E-state index contributed by atoms with van der Waals surface area (Å²) in [6.07, 6.45) is 91.2. The minimum absolute atomic E-state index is 0.103. The minimum atomic E-state index is -0.807. The van der Waals surface area contributed by atoms with Gasteiger partial charge in [-0.1, -0.05) is 243 Å². The SMILES string of the molecule is CC/C=C\C/C=C\C/C=C\C/C=C\C/C=C\C/C=C\C/C=C\C/C=C\C/C=C\CCCCCCCCCC(=O)OCC(COC(=O)CCCCCCC/C=C\CCC)OC(=O)CCCCC/C=C\C/C=C\C/C=C\CC. The summed E-state index contributed by atoms with van der Waals surface area (Å²) in [5, 5.41) is 0. The fourth-order valence-corrected chi connectivity index (χ4v) is 7.74. The summed E-state index contributed by atoms with van der Waals surface area (Å²) in [4.78, 5) is 38.0. The number of hydrogen-bond donors (Lipinski definition) is 0. The zero-order chi connectivity index (χ0) is 55.0. The van der Waals surface area contributed by atoms with Crippen molar-refractivity contribution in [3.63, 3.8) is 0 Å². The second-order valence-electron chi connectivity index (χ2n) is 19.5. The van der Waals surface area contributed by atoms with E-state index in [-0.39, 0.29) is 37.5 Å². The predicted molar refractivity (Wildman–Crippen MR) is 329 cm³/mol. The Bertz CT molecular complexity index is 1720. The van der Waals surface area contributed by atoms with Crippen LogP contribution in [-0.2, 0) is 28.6 Å². The molecule has 1 atom stereocenters. The number of rotatable bonds is 53. The average molecular weight is 1050 g/mol. The van der Waals surface area contributed by atoms with Crippen molar-refractivity contribution in [2.45, 2.75) is 252 Å². The first-order valence-electron chi connectivity index (χ1n) is 30.5. The van der Waals surface area contributed by atoms with E-state index >= 15 is 0 Å². The largest absolute Gasteiger partial charge is 0.462 e. The molecule has 6 heteroatoms. The summed E-state index contributed by atoms with van der Waals surface area (Å²) < 4.78 is 16.8. The molecule has 6 nitrogen and oxygen atoms in total. The fourth-order valence-electron chi connectivity index (χ4n) is 7.74. The van der Waals surface area contributed by atoms with E-state index in [1.165, 1.54) is 38.5 Å². The summed E-state index contributed by atoms with van der Waals surface area (Å²) in [5.41, 5.74) is 0. The molecule has 0 fully saturated rings. The first kappa shape index (κ1) is 71.0. The zero-order valence-electron chi connectivity index (χ0n) is 48.7. The van der Waals surface area contributed by atoms with Crippen LogP contribution in [0.3, 0.4) is 0 Å². The molecule has 0 spiro atoms. The van der Waals surface area contributed by atoms with Crippen LogP contribution < -0.4 is 0 Å². The molecule has 0 saturated heterocycles. The van der Waals surface area contributed by atoms with Gasteiger partial charge in [-0.05, 0) is 141 Å². The highest BCUT2D eigenvalue weighted by atomic mass is 16.6. The van der Waals surface area contributed by atoms with E-state index < -0.39 is 6.10 Å². The second kappa shape index (κ2) is 62.6. The van der Waals surface area contributed by atoms with Gasteiger partial charge in [-0.25, -0.2) is 0 Å². The van der Waals surface area contributed by atoms with Crippen molar-refractivity contribution in [2.75, 3.05) is 13.2 Å². The van der Waals surface area contributed by atoms with Crippen molar-refractivity contribution < 1.29 is 28.6 Å². The third-order valence-electron chi connectivity index (χ3n) is 12.2. The van der Waals surface area contributed by atoms with Gasteiger partial charge in [-0.2, -0.15) is 0 Å². The lowest BCUT2D eigenvalue weighted by Gasteiger charge is -2.18. The average Bonchev–Trinajstić information content (AvgIpc) is 3.42. The minimum Gasteiger partial charge on any atom is -0.462 e. The molecule has 0 aliphatic rings. The van der Waals surface area contributed by atoms with Crippen molar-refractivity contribution in [3.05, 3.63) is 158 Å². The van der Waals surface area contributed by atoms with Crippen LogP contribution in [0.25, 0.3) is 0 Å². The highest BCUT2D eigenvalue weighted by molar-refractivity contribution is 5.71. The number of carbonyl (C=O) groups is 3. The summed E-state index contributed by atoms with van der Waals surface area (Å²) >= 11 is 0. The number of ether oxygens (including phenoxy) is 3. The topological polar surface area (TPSA) is 78.9 Å². The Morgan fingerprint density at radius 3 is 0.829 bits per heavy atom. The molecule has 0 aromatic carbocycles. The van der Waals surface area contributed by atoms with Crippen LogP contribution in [0.4, 0.5) is 0 Å². The molecule has 0 heterocycles. The summed E-state index contributed by atoms with van der Waals surface area (Å²) in [6.45, 7) is 6.29. The van der Waals surface area contributed by atoms with Crippen molar-refractivity contribution in [1.82, 2.24) is 0 Å². The molecule has 0 aliphatic carbocycles. The Balaban J connectivity index is 4.22. The van der Waals surface area contributed by atoms with E-state index in [1.807, 2.05) is 0 Å². The molecule has 0 saturated carbocycles. The lowest BCUT2D eigenvalue weighted by Crippen LogP contribution is -2.30. The van der Waals surface area contributed by atoms with Gasteiger partial charge in [0, 0.05) is 19.3 Å². The third kappa shape index (κ3) is 59.9. The van der Waals surface area contributed by atoms with Gasteiger partial charge in [-0.15, -0.1) is 0 Å². The molecule has 426 valence electrons. The highest BCUT2D eigenvalue weighted by Gasteiger charge is 2.19. The van der Waals surface area contributed by atoms with Gasteiger partial charge in [0.1, 0.15) is 13.2 Å². The third-order valence-corrected chi connectivity index (χ3v) is 12.2. The Morgan fingerprint density at radius 1 is 0.276 bits per heavy atom. The van der Waals surface area contributed by atoms with Gasteiger partial charge in [0.05, 0.1) is 0 Å². The Kier molecular flexibility index (Phi) is 58.5. The van der Waals surface area contributed by atoms with E-state index in [9.17, 15) is 14.4 Å². The monoisotopic (exact) mass is 1050 g/mol. The Labute approximate surface area is 467 Å². The normalized spacial score (nSPS) is 13.2. The first-order valence-corrected chi connectivity index (χ1v) is 30.5. The maximum atomic E-state index is 12.8. The van der Waals surface area contributed by atoms with E-state index in [2.05, 4.69) is 179 Å². The zero-order valence-corrected chi connectivity index (χ0v) is 48.7. The van der Waals surface area contributed by atoms with E-state index in [1.54, 1.807) is 0 Å². The molecule has 0 bridgehead atoms. The van der Waals surface area contributed by atoms with Crippen molar-refractivity contribution in [3.8, 4) is 0 Å². The maximum absolute atomic E-state index is 12.8. The summed E-state index contributed by atoms with van der Waals surface area (Å²) in [6, 6.07) is 0. The molecule has 0 aliphatic heterocycles. The van der Waals surface area contributed by atoms with Crippen molar-refractivity contribution in [2.24, 2.45) is 0 Å². The van der Waals surface area contributed by atoms with Crippen LogP contribution in [0.5, 0.6) is 0 Å². The molecule has 0 aromatic rings. The molecular weight excluding hydrogens is 937 g/mol. The highest BCUT2D eigenvalue weighted by Crippen LogP contribution is 2.13. The van der Waals surface area contributed by atoms with Gasteiger partial charge in [0.15, 0.2) is 6.10 Å². The molecule has 0 aromatic heterocycles. The first-order chi connectivity index (χ1) is 37.5. The Morgan fingerprint density at radius 2 is 0.513 bits per heavy atom. The van der Waals surface area contributed by atoms with Crippen LogP contribution >= 0.6 is 0 Å². The number of carbonyl (C=O) groups excluding carboxylic acids is 3. The standard InChI is InChI=1S/C70H110O6/c1-4-7-10-13-16-19-22-24-25-26-27-28-29-30-31-32-33-34-35-36-37-38-39-40-41-42-43-44-45-47-48-51-54-57-60-63-69(72)75-66-67(65-74-68(71)62-59-56-53-50-21-18-15-12-9-6-3)76-70(73)64-61-58-55-52-49-46-23-20-17-14-11-8-5-2/h7-8,10-12,15-17,19-20,24-25,27-28,30-31,33-34,36-37,39-40,42-43,46,49,67H,4-6,9,13-14,18,21-23,26,29,32,35,38,41,44-45,47-48,50-66H2,1-3H3/b10-7-,11-8-,15-12-,19-16-,20-17-,25-24-,28-27-,31-30-,34-33-,37-36-,40-39-,43-42-,49-46-. The van der Waals surface area contributed by atoms with Gasteiger partial charge in [0.25, 0.3) is 0 Å². The smallest absolute Gasteiger partial charge is 0.306 e. The lowest BCUT2D eigenvalue weighted by molar-refractivity contribution is -0.167. The van der Waals surface area contributed by atoms with E-state index in [4.69, 9.17) is 14.2 Å². The van der Waals surface area contributed by atoms with Gasteiger partial charge < -0.3 is 14.2 Å². The maximum Gasteiger partial charge on any atom is 0.306 e. The van der Waals surface area contributed by atoms with Crippen molar-refractivity contribution >= 4 is 17.9 Å². The number of allylic oxidation sites excluding steroid dienone is 26. The lowest BCUT2D eigenvalue weighted by atomic mass is 10.1. The quantitative estimate of drug-likeness (QED) is 0.0261. The van der Waals surface area contributed by atoms with Crippen LogP contribution in [-0.4, -0.2) is 37.2 Å². The number of hydrogen-bond acceptors (Lipinski definition) is 6. The fraction of sp³-hybridized carbons (Fsp3) is 0.586. The van der Waals surface area contributed by atoms with E-state index in [0.717, 1.165) is 167 Å². The summed E-state index contributed by atoms with van der Waals surface area (Å²) in [7, 11) is 0. The van der Waals surface area contributed by atoms with Gasteiger partial charge in [0.2, 0.25) is 0 Å². The Hall–Kier alpha value is -4.97. The molecule has 0 radical (unpaired) electrons. The van der Waals surface area contributed by atoms with Crippen LogP contribution in [0.1, 0.15) is 245 Å². The van der Waals surface area contributed by atoms with Gasteiger partial charge in [-0.3, -0.25) is 14.4 Å². The molecule has 0 N–H and O–H groups in total. The molecular formula is C70H110O6. The van der Waals surface area contributed by atoms with Crippen molar-refractivity contribution in [1.29, 1.82) is 0 Å². The molecule has 1 unspecified atom stereocenters.